The monoisotopic (exact) mass is 312 g/mol. The van der Waals surface area contributed by atoms with Gasteiger partial charge in [-0.1, -0.05) is 12.1 Å². The maximum absolute atomic E-state index is 9.46. The molecule has 0 spiro atoms. The van der Waals surface area contributed by atoms with Crippen LogP contribution in [0.25, 0.3) is 22.9 Å². The summed E-state index contributed by atoms with van der Waals surface area (Å²) in [4.78, 5) is 3.95. The van der Waals surface area contributed by atoms with Crippen molar-refractivity contribution in [3.05, 3.63) is 48.8 Å². The van der Waals surface area contributed by atoms with Crippen LogP contribution in [0, 0.1) is 0 Å². The average molecular weight is 312 g/mol. The van der Waals surface area contributed by atoms with Crippen molar-refractivity contribution in [3.8, 4) is 22.9 Å². The van der Waals surface area contributed by atoms with E-state index >= 15 is 0 Å². The Kier molecular flexibility index (Phi) is 4.60. The van der Waals surface area contributed by atoms with Crippen LogP contribution in [0.5, 0.6) is 0 Å². The Balaban J connectivity index is 1.86. The van der Waals surface area contributed by atoms with E-state index in [-0.39, 0.29) is 13.2 Å². The zero-order valence-electron chi connectivity index (χ0n) is 12.3. The number of aliphatic hydroxyl groups is 2. The number of nitrogens with one attached hydrogen (secondary N) is 1. The predicted octanol–water partition coefficient (Wildman–Crippen LogP) is 1.56. The van der Waals surface area contributed by atoms with Gasteiger partial charge in [-0.2, -0.15) is 0 Å². The van der Waals surface area contributed by atoms with Gasteiger partial charge in [-0.3, -0.25) is 4.98 Å². The lowest BCUT2D eigenvalue weighted by molar-refractivity contribution is 0.105. The van der Waals surface area contributed by atoms with E-state index in [2.05, 4.69) is 20.5 Å². The lowest BCUT2D eigenvalue weighted by Crippen LogP contribution is -2.23. The number of hydrogen-bond donors (Lipinski definition) is 3. The van der Waals surface area contributed by atoms with Crippen LogP contribution in [0.15, 0.2) is 53.2 Å². The molecule has 1 unspecified atom stereocenters. The zero-order valence-corrected chi connectivity index (χ0v) is 12.3. The lowest BCUT2D eigenvalue weighted by atomic mass is 10.1. The average Bonchev–Trinajstić information content (AvgIpc) is 3.10. The van der Waals surface area contributed by atoms with Gasteiger partial charge in [0.2, 0.25) is 11.8 Å². The van der Waals surface area contributed by atoms with E-state index in [0.29, 0.717) is 11.8 Å². The molecule has 0 saturated heterocycles. The summed E-state index contributed by atoms with van der Waals surface area (Å²) in [5.74, 6) is 0.783. The fourth-order valence-electron chi connectivity index (χ4n) is 2.06. The molecule has 0 aliphatic heterocycles. The molecule has 1 atom stereocenters. The molecule has 0 fully saturated rings. The van der Waals surface area contributed by atoms with Gasteiger partial charge in [0.1, 0.15) is 0 Å². The van der Waals surface area contributed by atoms with Crippen molar-refractivity contribution in [1.29, 1.82) is 0 Å². The van der Waals surface area contributed by atoms with Crippen LogP contribution in [-0.2, 0) is 0 Å². The number of rotatable bonds is 6. The van der Waals surface area contributed by atoms with Gasteiger partial charge in [0.25, 0.3) is 0 Å². The zero-order chi connectivity index (χ0) is 16.1. The summed E-state index contributed by atoms with van der Waals surface area (Å²) in [5, 5.41) is 29.6. The van der Waals surface area contributed by atoms with Gasteiger partial charge in [0, 0.05) is 30.2 Å². The normalized spacial score (nSPS) is 12.1. The topological polar surface area (TPSA) is 104 Å². The second-order valence-corrected chi connectivity index (χ2v) is 4.91. The van der Waals surface area contributed by atoms with Gasteiger partial charge in [0.15, 0.2) is 0 Å². The summed E-state index contributed by atoms with van der Waals surface area (Å²) in [6.45, 7) is -0.0826. The van der Waals surface area contributed by atoms with Gasteiger partial charge < -0.3 is 19.9 Å². The lowest BCUT2D eigenvalue weighted by Gasteiger charge is -2.12. The summed E-state index contributed by atoms with van der Waals surface area (Å²) in [5.41, 5.74) is 2.26. The number of benzene rings is 1. The van der Waals surface area contributed by atoms with Crippen molar-refractivity contribution in [2.45, 2.75) is 6.10 Å². The van der Waals surface area contributed by atoms with Gasteiger partial charge in [-0.15, -0.1) is 10.2 Å². The predicted molar refractivity (Wildman–Crippen MR) is 84.5 cm³/mol. The third-order valence-corrected chi connectivity index (χ3v) is 3.25. The van der Waals surface area contributed by atoms with Crippen molar-refractivity contribution in [3.63, 3.8) is 0 Å². The second kappa shape index (κ2) is 6.99. The Hall–Kier alpha value is -2.77. The first kappa shape index (κ1) is 15.1. The number of nitrogens with zero attached hydrogens (tertiary/aromatic N) is 3. The first-order chi connectivity index (χ1) is 11.3. The van der Waals surface area contributed by atoms with Crippen LogP contribution in [0.3, 0.4) is 0 Å². The highest BCUT2D eigenvalue weighted by atomic mass is 16.4. The molecular formula is C16H16N4O3. The molecule has 3 N–H and O–H groups in total. The Morgan fingerprint density at radius 1 is 1.04 bits per heavy atom. The fraction of sp³-hybridized carbons (Fsp3) is 0.188. The van der Waals surface area contributed by atoms with Crippen molar-refractivity contribution in [1.82, 2.24) is 15.2 Å². The Labute approximate surface area is 132 Å². The summed E-state index contributed by atoms with van der Waals surface area (Å²) in [7, 11) is 0. The van der Waals surface area contributed by atoms with Gasteiger partial charge in [0.05, 0.1) is 18.3 Å². The molecule has 2 aromatic heterocycles. The Bertz CT molecular complexity index is 761. The molecule has 118 valence electrons. The minimum atomic E-state index is -0.835. The van der Waals surface area contributed by atoms with Crippen molar-refractivity contribution in [2.24, 2.45) is 0 Å². The highest BCUT2D eigenvalue weighted by Crippen LogP contribution is 2.29. The van der Waals surface area contributed by atoms with Crippen LogP contribution in [0.1, 0.15) is 0 Å². The molecule has 3 aromatic rings. The van der Waals surface area contributed by atoms with Gasteiger partial charge >= 0.3 is 0 Å². The molecule has 0 radical (unpaired) electrons. The van der Waals surface area contributed by atoms with E-state index < -0.39 is 6.10 Å². The smallest absolute Gasteiger partial charge is 0.250 e. The number of aliphatic hydroxyl groups excluding tert-OH is 2. The van der Waals surface area contributed by atoms with Crippen LogP contribution < -0.4 is 5.32 Å². The van der Waals surface area contributed by atoms with Crippen molar-refractivity contribution < 1.29 is 14.6 Å². The van der Waals surface area contributed by atoms with Crippen LogP contribution in [-0.4, -0.2) is 44.7 Å². The molecule has 3 rings (SSSR count). The fourth-order valence-corrected chi connectivity index (χ4v) is 2.06. The number of para-hydroxylation sites is 1. The molecule has 0 amide bonds. The van der Waals surface area contributed by atoms with Crippen LogP contribution in [0.2, 0.25) is 0 Å². The largest absolute Gasteiger partial charge is 0.416 e. The molecule has 0 aliphatic carbocycles. The van der Waals surface area contributed by atoms with E-state index in [1.54, 1.807) is 24.5 Å². The molecule has 2 heterocycles. The van der Waals surface area contributed by atoms with Crippen molar-refractivity contribution in [2.75, 3.05) is 18.5 Å². The first-order valence-electron chi connectivity index (χ1n) is 7.14. The third kappa shape index (κ3) is 3.53. The molecule has 23 heavy (non-hydrogen) atoms. The number of hydrogen-bond acceptors (Lipinski definition) is 7. The molecular weight excluding hydrogens is 296 g/mol. The third-order valence-electron chi connectivity index (χ3n) is 3.25. The molecule has 0 aliphatic rings. The minimum Gasteiger partial charge on any atom is -0.416 e. The molecule has 7 nitrogen and oxygen atoms in total. The van der Waals surface area contributed by atoms with Crippen molar-refractivity contribution >= 4 is 5.69 Å². The summed E-state index contributed by atoms with van der Waals surface area (Å²) < 4.78 is 5.73. The Morgan fingerprint density at radius 3 is 2.57 bits per heavy atom. The van der Waals surface area contributed by atoms with E-state index in [0.717, 1.165) is 16.8 Å². The highest BCUT2D eigenvalue weighted by Gasteiger charge is 2.14. The molecule has 0 saturated carbocycles. The standard InChI is InChI=1S/C16H16N4O3/c21-10-12(22)9-18-14-4-2-1-3-13(14)16-20-19-15(23-16)11-5-7-17-8-6-11/h1-8,12,18,21-22H,9-10H2. The van der Waals surface area contributed by atoms with Crippen LogP contribution in [0.4, 0.5) is 5.69 Å². The first-order valence-corrected chi connectivity index (χ1v) is 7.14. The van der Waals surface area contributed by atoms with E-state index in [1.807, 2.05) is 24.3 Å². The quantitative estimate of drug-likeness (QED) is 0.634. The van der Waals surface area contributed by atoms with Crippen LogP contribution >= 0.6 is 0 Å². The van der Waals surface area contributed by atoms with Gasteiger partial charge in [-0.05, 0) is 24.3 Å². The summed E-state index contributed by atoms with van der Waals surface area (Å²) in [6.07, 6.45) is 2.48. The maximum atomic E-state index is 9.46. The summed E-state index contributed by atoms with van der Waals surface area (Å²) in [6, 6.07) is 11.0. The number of anilines is 1. The SMILES string of the molecule is OCC(O)CNc1ccccc1-c1nnc(-c2ccncc2)o1. The molecule has 1 aromatic carbocycles. The summed E-state index contributed by atoms with van der Waals surface area (Å²) >= 11 is 0. The highest BCUT2D eigenvalue weighted by molar-refractivity contribution is 5.72. The second-order valence-electron chi connectivity index (χ2n) is 4.91. The van der Waals surface area contributed by atoms with E-state index in [1.165, 1.54) is 0 Å². The Morgan fingerprint density at radius 2 is 1.78 bits per heavy atom. The number of aromatic nitrogens is 3. The number of pyridine rings is 1. The molecule has 7 heteroatoms. The maximum Gasteiger partial charge on any atom is 0.250 e. The molecule has 0 bridgehead atoms. The van der Waals surface area contributed by atoms with E-state index in [4.69, 9.17) is 9.52 Å². The van der Waals surface area contributed by atoms with E-state index in [9.17, 15) is 5.11 Å². The van der Waals surface area contributed by atoms with Gasteiger partial charge in [-0.25, -0.2) is 0 Å². The minimum absolute atomic E-state index is 0.221.